The van der Waals surface area contributed by atoms with Crippen molar-refractivity contribution in [2.24, 2.45) is 0 Å². The average Bonchev–Trinajstić information content (AvgIpc) is 2.50. The smallest absolute Gasteiger partial charge is 0.161 e. The monoisotopic (exact) mass is 297 g/mol. The van der Waals surface area contributed by atoms with Crippen LogP contribution in [-0.2, 0) is 6.54 Å². The van der Waals surface area contributed by atoms with E-state index in [9.17, 15) is 0 Å². The SMILES string of the molecule is CCOc1cc(CNCCCCCO)ccc1OCCO. The topological polar surface area (TPSA) is 71.0 Å². The van der Waals surface area contributed by atoms with Gasteiger partial charge >= 0.3 is 0 Å². The Morgan fingerprint density at radius 2 is 1.86 bits per heavy atom. The molecule has 0 heterocycles. The van der Waals surface area contributed by atoms with Gasteiger partial charge in [-0.05, 0) is 50.4 Å². The maximum atomic E-state index is 8.82. The molecule has 5 nitrogen and oxygen atoms in total. The number of nitrogens with one attached hydrogen (secondary N) is 1. The van der Waals surface area contributed by atoms with E-state index in [2.05, 4.69) is 5.32 Å². The molecule has 5 heteroatoms. The van der Waals surface area contributed by atoms with Gasteiger partial charge < -0.3 is 25.0 Å². The van der Waals surface area contributed by atoms with Gasteiger partial charge in [-0.25, -0.2) is 0 Å². The van der Waals surface area contributed by atoms with Crippen LogP contribution in [-0.4, -0.2) is 43.2 Å². The maximum absolute atomic E-state index is 8.82. The summed E-state index contributed by atoms with van der Waals surface area (Å²) in [7, 11) is 0. The van der Waals surface area contributed by atoms with Gasteiger partial charge in [0.2, 0.25) is 0 Å². The molecule has 1 aromatic rings. The molecule has 0 amide bonds. The Balaban J connectivity index is 2.45. The number of rotatable bonds is 12. The van der Waals surface area contributed by atoms with Gasteiger partial charge in [0.05, 0.1) is 13.2 Å². The van der Waals surface area contributed by atoms with E-state index >= 15 is 0 Å². The second-order valence-corrected chi connectivity index (χ2v) is 4.75. The standard InChI is InChI=1S/C16H27NO4/c1-2-20-16-12-14(6-7-15(16)21-11-10-19)13-17-8-4-3-5-9-18/h6-7,12,17-19H,2-5,8-11,13H2,1H3. The molecule has 1 rings (SSSR count). The lowest BCUT2D eigenvalue weighted by Gasteiger charge is -2.13. The zero-order valence-corrected chi connectivity index (χ0v) is 12.8. The van der Waals surface area contributed by atoms with E-state index in [4.69, 9.17) is 19.7 Å². The molecule has 21 heavy (non-hydrogen) atoms. The molecule has 0 spiro atoms. The summed E-state index contributed by atoms with van der Waals surface area (Å²) >= 11 is 0. The molecule has 0 aliphatic heterocycles. The molecular weight excluding hydrogens is 270 g/mol. The summed E-state index contributed by atoms with van der Waals surface area (Å²) < 4.78 is 11.0. The lowest BCUT2D eigenvalue weighted by atomic mass is 10.2. The predicted molar refractivity (Wildman–Crippen MR) is 82.8 cm³/mol. The largest absolute Gasteiger partial charge is 0.490 e. The first kappa shape index (κ1) is 17.8. The fourth-order valence-corrected chi connectivity index (χ4v) is 1.98. The third-order valence-corrected chi connectivity index (χ3v) is 3.00. The summed E-state index contributed by atoms with van der Waals surface area (Å²) in [4.78, 5) is 0. The molecule has 0 atom stereocenters. The number of benzene rings is 1. The number of hydrogen-bond acceptors (Lipinski definition) is 5. The Morgan fingerprint density at radius 1 is 1.00 bits per heavy atom. The van der Waals surface area contributed by atoms with Crippen LogP contribution in [0.5, 0.6) is 11.5 Å². The Labute approximate surface area is 126 Å². The molecule has 0 radical (unpaired) electrons. The number of aliphatic hydroxyl groups excluding tert-OH is 2. The van der Waals surface area contributed by atoms with E-state index in [0.717, 1.165) is 37.9 Å². The first-order valence-corrected chi connectivity index (χ1v) is 7.62. The first-order valence-electron chi connectivity index (χ1n) is 7.62. The number of hydrogen-bond donors (Lipinski definition) is 3. The van der Waals surface area contributed by atoms with Crippen LogP contribution >= 0.6 is 0 Å². The number of ether oxygens (including phenoxy) is 2. The minimum atomic E-state index is -0.0112. The quantitative estimate of drug-likeness (QED) is 0.512. The normalized spacial score (nSPS) is 10.6. The highest BCUT2D eigenvalue weighted by Gasteiger charge is 2.06. The van der Waals surface area contributed by atoms with Crippen molar-refractivity contribution in [3.8, 4) is 11.5 Å². The van der Waals surface area contributed by atoms with Gasteiger partial charge in [-0.2, -0.15) is 0 Å². The molecule has 3 N–H and O–H groups in total. The maximum Gasteiger partial charge on any atom is 0.161 e. The van der Waals surface area contributed by atoms with Crippen molar-refractivity contribution in [3.63, 3.8) is 0 Å². The van der Waals surface area contributed by atoms with E-state index in [1.165, 1.54) is 0 Å². The fraction of sp³-hybridized carbons (Fsp3) is 0.625. The van der Waals surface area contributed by atoms with Crippen molar-refractivity contribution in [2.45, 2.75) is 32.7 Å². The van der Waals surface area contributed by atoms with Crippen molar-refractivity contribution >= 4 is 0 Å². The van der Waals surface area contributed by atoms with Crippen molar-refractivity contribution in [1.29, 1.82) is 0 Å². The summed E-state index contributed by atoms with van der Waals surface area (Å²) in [5.41, 5.74) is 1.14. The van der Waals surface area contributed by atoms with E-state index in [1.54, 1.807) is 0 Å². The minimum Gasteiger partial charge on any atom is -0.490 e. The fourth-order valence-electron chi connectivity index (χ4n) is 1.98. The van der Waals surface area contributed by atoms with Gasteiger partial charge in [0, 0.05) is 13.2 Å². The highest BCUT2D eigenvalue weighted by Crippen LogP contribution is 2.28. The predicted octanol–water partition coefficient (Wildman–Crippen LogP) is 1.71. The molecular formula is C16H27NO4. The highest BCUT2D eigenvalue weighted by atomic mass is 16.5. The van der Waals surface area contributed by atoms with Crippen LogP contribution in [0, 0.1) is 0 Å². The van der Waals surface area contributed by atoms with Crippen molar-refractivity contribution in [3.05, 3.63) is 23.8 Å². The van der Waals surface area contributed by atoms with Crippen LogP contribution in [0.2, 0.25) is 0 Å². The van der Waals surface area contributed by atoms with Gasteiger partial charge in [0.1, 0.15) is 6.61 Å². The number of unbranched alkanes of at least 4 members (excludes halogenated alkanes) is 2. The lowest BCUT2D eigenvalue weighted by molar-refractivity contribution is 0.194. The summed E-state index contributed by atoms with van der Waals surface area (Å²) in [6, 6.07) is 5.84. The van der Waals surface area contributed by atoms with E-state index in [-0.39, 0.29) is 19.8 Å². The molecule has 0 aliphatic carbocycles. The van der Waals surface area contributed by atoms with Gasteiger partial charge in [-0.15, -0.1) is 0 Å². The molecule has 0 fully saturated rings. The zero-order chi connectivity index (χ0) is 15.3. The van der Waals surface area contributed by atoms with Crippen LogP contribution in [0.1, 0.15) is 31.7 Å². The third kappa shape index (κ3) is 7.32. The molecule has 0 saturated heterocycles. The lowest BCUT2D eigenvalue weighted by Crippen LogP contribution is -2.15. The second kappa shape index (κ2) is 11.4. The summed E-state index contributed by atoms with van der Waals surface area (Å²) in [6.07, 6.45) is 2.98. The molecule has 0 aromatic heterocycles. The molecule has 0 saturated carbocycles. The van der Waals surface area contributed by atoms with E-state index in [1.807, 2.05) is 25.1 Å². The van der Waals surface area contributed by atoms with Crippen LogP contribution < -0.4 is 14.8 Å². The van der Waals surface area contributed by atoms with Crippen LogP contribution in [0.4, 0.5) is 0 Å². The Hall–Kier alpha value is -1.30. The van der Waals surface area contributed by atoms with E-state index < -0.39 is 0 Å². The first-order chi connectivity index (χ1) is 10.3. The molecule has 0 unspecified atom stereocenters. The van der Waals surface area contributed by atoms with Gasteiger partial charge in [-0.3, -0.25) is 0 Å². The second-order valence-electron chi connectivity index (χ2n) is 4.75. The Bertz CT molecular complexity index is 385. The molecule has 1 aromatic carbocycles. The highest BCUT2D eigenvalue weighted by molar-refractivity contribution is 5.43. The molecule has 120 valence electrons. The Morgan fingerprint density at radius 3 is 2.57 bits per heavy atom. The van der Waals surface area contributed by atoms with Crippen LogP contribution in [0.3, 0.4) is 0 Å². The summed E-state index contributed by atoms with van der Waals surface area (Å²) in [5.74, 6) is 1.38. The van der Waals surface area contributed by atoms with Gasteiger partial charge in [-0.1, -0.05) is 6.07 Å². The van der Waals surface area contributed by atoms with Gasteiger partial charge in [0.15, 0.2) is 11.5 Å². The van der Waals surface area contributed by atoms with Gasteiger partial charge in [0.25, 0.3) is 0 Å². The van der Waals surface area contributed by atoms with Crippen molar-refractivity contribution in [1.82, 2.24) is 5.32 Å². The molecule has 0 bridgehead atoms. The third-order valence-electron chi connectivity index (χ3n) is 3.00. The Kier molecular flexibility index (Phi) is 9.61. The van der Waals surface area contributed by atoms with Crippen LogP contribution in [0.25, 0.3) is 0 Å². The number of aliphatic hydroxyl groups is 2. The van der Waals surface area contributed by atoms with E-state index in [0.29, 0.717) is 18.1 Å². The van der Waals surface area contributed by atoms with Crippen molar-refractivity contribution < 1.29 is 19.7 Å². The average molecular weight is 297 g/mol. The van der Waals surface area contributed by atoms with Crippen molar-refractivity contribution in [2.75, 3.05) is 33.0 Å². The summed E-state index contributed by atoms with van der Waals surface area (Å²) in [6.45, 7) is 4.75. The zero-order valence-electron chi connectivity index (χ0n) is 12.8. The summed E-state index contributed by atoms with van der Waals surface area (Å²) in [5, 5.41) is 20.9. The molecule has 0 aliphatic rings. The minimum absolute atomic E-state index is 0.0112. The van der Waals surface area contributed by atoms with Crippen LogP contribution in [0.15, 0.2) is 18.2 Å².